The molecule has 2 fully saturated rings. The van der Waals surface area contributed by atoms with Crippen LogP contribution >= 0.6 is 24.0 Å². The summed E-state index contributed by atoms with van der Waals surface area (Å²) in [6.45, 7) is 2.29. The molecular formula is C27H27N3O4S2. The van der Waals surface area contributed by atoms with Crippen molar-refractivity contribution in [1.82, 2.24) is 4.90 Å². The number of rotatable bonds is 6. The molecule has 1 saturated carbocycles. The molecule has 2 aromatic carbocycles. The Morgan fingerprint density at radius 1 is 1.06 bits per heavy atom. The third kappa shape index (κ3) is 4.65. The summed E-state index contributed by atoms with van der Waals surface area (Å²) in [5, 5.41) is 2.83. The van der Waals surface area contributed by atoms with E-state index in [1.165, 1.54) is 23.1 Å². The Hall–Kier alpha value is -3.17. The van der Waals surface area contributed by atoms with Gasteiger partial charge in [-0.05, 0) is 50.1 Å². The van der Waals surface area contributed by atoms with E-state index in [2.05, 4.69) is 5.32 Å². The van der Waals surface area contributed by atoms with Crippen molar-refractivity contribution >= 4 is 63.0 Å². The number of benzene rings is 2. The first-order valence-corrected chi connectivity index (χ1v) is 13.4. The quantitative estimate of drug-likeness (QED) is 0.427. The van der Waals surface area contributed by atoms with Gasteiger partial charge >= 0.3 is 0 Å². The van der Waals surface area contributed by atoms with Gasteiger partial charge in [-0.25, -0.2) is 0 Å². The van der Waals surface area contributed by atoms with Gasteiger partial charge in [-0.1, -0.05) is 61.4 Å². The lowest BCUT2D eigenvalue weighted by atomic mass is 9.94. The minimum absolute atomic E-state index is 0.0899. The largest absolute Gasteiger partial charge is 0.494 e. The Morgan fingerprint density at radius 3 is 2.50 bits per heavy atom. The Morgan fingerprint density at radius 2 is 1.78 bits per heavy atom. The van der Waals surface area contributed by atoms with Crippen LogP contribution in [0.4, 0.5) is 11.4 Å². The van der Waals surface area contributed by atoms with E-state index in [1.54, 1.807) is 35.2 Å². The third-order valence-corrected chi connectivity index (χ3v) is 8.04. The van der Waals surface area contributed by atoms with E-state index in [4.69, 9.17) is 17.0 Å². The van der Waals surface area contributed by atoms with Crippen LogP contribution in [0.1, 0.15) is 44.6 Å². The molecule has 3 amide bonds. The average Bonchev–Trinajstić information content (AvgIpc) is 3.32. The minimum atomic E-state index is -0.359. The van der Waals surface area contributed by atoms with Crippen LogP contribution in [-0.4, -0.2) is 46.1 Å². The number of nitrogens with zero attached hydrogens (tertiary/aromatic N) is 2. The Balaban J connectivity index is 1.38. The predicted molar refractivity (Wildman–Crippen MR) is 146 cm³/mol. The molecule has 0 atom stereocenters. The topological polar surface area (TPSA) is 79.0 Å². The molecule has 0 bridgehead atoms. The Bertz CT molecular complexity index is 1250. The zero-order chi connectivity index (χ0) is 25.2. The summed E-state index contributed by atoms with van der Waals surface area (Å²) in [6, 6.07) is 14.4. The number of nitrogens with one attached hydrogen (secondary N) is 1. The molecule has 0 aromatic heterocycles. The first-order chi connectivity index (χ1) is 17.5. The van der Waals surface area contributed by atoms with Gasteiger partial charge in [0.15, 0.2) is 0 Å². The van der Waals surface area contributed by atoms with Gasteiger partial charge < -0.3 is 10.1 Å². The second kappa shape index (κ2) is 10.4. The molecule has 7 nitrogen and oxygen atoms in total. The van der Waals surface area contributed by atoms with Gasteiger partial charge in [0.1, 0.15) is 16.6 Å². The molecule has 2 aromatic rings. The summed E-state index contributed by atoms with van der Waals surface area (Å²) in [4.78, 5) is 43.5. The SMILES string of the molecule is CCOc1ccc(NC(=O)CN2C(=O)/C(=C3/SC(=S)N(C4CCCCC4)C3=O)c3ccccc32)cc1. The number of hydrogen-bond acceptors (Lipinski definition) is 6. The van der Waals surface area contributed by atoms with E-state index < -0.39 is 0 Å². The Labute approximate surface area is 219 Å². The Kier molecular flexibility index (Phi) is 7.11. The molecule has 0 unspecified atom stereocenters. The molecule has 2 heterocycles. The van der Waals surface area contributed by atoms with Crippen molar-refractivity contribution in [3.8, 4) is 5.75 Å². The number of thioether (sulfide) groups is 1. The first-order valence-electron chi connectivity index (χ1n) is 12.2. The van der Waals surface area contributed by atoms with Gasteiger partial charge in [-0.15, -0.1) is 0 Å². The van der Waals surface area contributed by atoms with Crippen molar-refractivity contribution in [2.75, 3.05) is 23.4 Å². The molecule has 186 valence electrons. The van der Waals surface area contributed by atoms with Crippen molar-refractivity contribution in [3.63, 3.8) is 0 Å². The maximum Gasteiger partial charge on any atom is 0.267 e. The number of thiocarbonyl (C=S) groups is 1. The normalized spacial score (nSPS) is 20.2. The average molecular weight is 522 g/mol. The fourth-order valence-corrected chi connectivity index (χ4v) is 6.46. The van der Waals surface area contributed by atoms with E-state index in [9.17, 15) is 14.4 Å². The molecule has 2 aliphatic heterocycles. The van der Waals surface area contributed by atoms with Crippen LogP contribution in [0.25, 0.3) is 5.57 Å². The first kappa shape index (κ1) is 24.5. The highest BCUT2D eigenvalue weighted by Gasteiger charge is 2.44. The van der Waals surface area contributed by atoms with Crippen molar-refractivity contribution in [3.05, 3.63) is 59.0 Å². The predicted octanol–water partition coefficient (Wildman–Crippen LogP) is 4.97. The lowest BCUT2D eigenvalue weighted by molar-refractivity contribution is -0.124. The van der Waals surface area contributed by atoms with Crippen molar-refractivity contribution in [1.29, 1.82) is 0 Å². The standard InChI is InChI=1S/C27H27N3O4S2/c1-2-34-19-14-12-17(13-15-19)28-22(31)16-29-21-11-7-6-10-20(21)23(25(29)32)24-26(33)30(27(35)36-24)18-8-4-3-5-9-18/h6-7,10-15,18H,2-5,8-9,16H2,1H3,(H,28,31)/b24-23+. The smallest absolute Gasteiger partial charge is 0.267 e. The number of carbonyl (C=O) groups excluding carboxylic acids is 3. The van der Waals surface area contributed by atoms with E-state index in [1.807, 2.05) is 25.1 Å². The van der Waals surface area contributed by atoms with Crippen LogP contribution in [0.2, 0.25) is 0 Å². The van der Waals surface area contributed by atoms with E-state index in [0.717, 1.165) is 25.7 Å². The van der Waals surface area contributed by atoms with Crippen LogP contribution in [0.5, 0.6) is 5.75 Å². The number of para-hydroxylation sites is 1. The number of anilines is 2. The van der Waals surface area contributed by atoms with Gasteiger partial charge in [0, 0.05) is 17.3 Å². The fraction of sp³-hybridized carbons (Fsp3) is 0.333. The molecule has 5 rings (SSSR count). The van der Waals surface area contributed by atoms with E-state index in [0.29, 0.717) is 44.1 Å². The maximum atomic E-state index is 13.6. The molecule has 1 N–H and O–H groups in total. The van der Waals surface area contributed by atoms with Crippen LogP contribution < -0.4 is 15.0 Å². The number of amides is 3. The van der Waals surface area contributed by atoms with Gasteiger partial charge in [0.2, 0.25) is 5.91 Å². The third-order valence-electron chi connectivity index (χ3n) is 6.64. The summed E-state index contributed by atoms with van der Waals surface area (Å²) in [7, 11) is 0. The van der Waals surface area contributed by atoms with Gasteiger partial charge in [-0.3, -0.25) is 24.2 Å². The molecule has 3 aliphatic rings. The zero-order valence-electron chi connectivity index (χ0n) is 20.0. The van der Waals surface area contributed by atoms with E-state index in [-0.39, 0.29) is 30.3 Å². The highest BCUT2D eigenvalue weighted by Crippen LogP contribution is 2.45. The molecule has 9 heteroatoms. The lowest BCUT2D eigenvalue weighted by Crippen LogP contribution is -2.40. The highest BCUT2D eigenvalue weighted by molar-refractivity contribution is 8.26. The van der Waals surface area contributed by atoms with Gasteiger partial charge in [0.25, 0.3) is 11.8 Å². The molecule has 0 spiro atoms. The molecule has 0 radical (unpaired) electrons. The summed E-state index contributed by atoms with van der Waals surface area (Å²) >= 11 is 6.78. The number of hydrogen-bond donors (Lipinski definition) is 1. The molecule has 1 aliphatic carbocycles. The molecule has 36 heavy (non-hydrogen) atoms. The highest BCUT2D eigenvalue weighted by atomic mass is 32.2. The second-order valence-corrected chi connectivity index (χ2v) is 10.6. The monoisotopic (exact) mass is 521 g/mol. The van der Waals surface area contributed by atoms with Gasteiger partial charge in [0.05, 0.1) is 22.8 Å². The van der Waals surface area contributed by atoms with Crippen LogP contribution in [0, 0.1) is 0 Å². The lowest BCUT2D eigenvalue weighted by Gasteiger charge is -2.29. The minimum Gasteiger partial charge on any atom is -0.494 e. The molecular weight excluding hydrogens is 494 g/mol. The number of fused-ring (bicyclic) bond motifs is 1. The number of ether oxygens (including phenoxy) is 1. The molecule has 1 saturated heterocycles. The van der Waals surface area contributed by atoms with Gasteiger partial charge in [-0.2, -0.15) is 0 Å². The second-order valence-electron chi connectivity index (χ2n) is 8.95. The van der Waals surface area contributed by atoms with Crippen molar-refractivity contribution < 1.29 is 19.1 Å². The number of carbonyl (C=O) groups is 3. The van der Waals surface area contributed by atoms with E-state index >= 15 is 0 Å². The zero-order valence-corrected chi connectivity index (χ0v) is 21.6. The summed E-state index contributed by atoms with van der Waals surface area (Å²) < 4.78 is 5.94. The maximum absolute atomic E-state index is 13.6. The van der Waals surface area contributed by atoms with Crippen LogP contribution in [0.15, 0.2) is 53.4 Å². The fourth-order valence-electron chi connectivity index (χ4n) is 4.99. The van der Waals surface area contributed by atoms with Crippen LogP contribution in [-0.2, 0) is 14.4 Å². The summed E-state index contributed by atoms with van der Waals surface area (Å²) in [5.41, 5.74) is 2.20. The summed E-state index contributed by atoms with van der Waals surface area (Å²) in [6.07, 6.45) is 5.18. The van der Waals surface area contributed by atoms with Crippen molar-refractivity contribution in [2.45, 2.75) is 45.1 Å². The van der Waals surface area contributed by atoms with Crippen LogP contribution in [0.3, 0.4) is 0 Å². The van der Waals surface area contributed by atoms with Crippen molar-refractivity contribution in [2.24, 2.45) is 0 Å². The summed E-state index contributed by atoms with van der Waals surface area (Å²) in [5.74, 6) is -0.175.